The Hall–Kier alpha value is 0. The molecule has 1 atom stereocenters. The van der Waals surface area contributed by atoms with E-state index in [1.165, 1.54) is 32.1 Å². The average molecular weight is 212 g/mol. The van der Waals surface area contributed by atoms with Gasteiger partial charge in [0.2, 0.25) is 0 Å². The van der Waals surface area contributed by atoms with Crippen molar-refractivity contribution in [2.75, 3.05) is 0 Å². The highest BCUT2D eigenvalue weighted by Crippen LogP contribution is 2.38. The van der Waals surface area contributed by atoms with Gasteiger partial charge < -0.3 is 0 Å². The summed E-state index contributed by atoms with van der Waals surface area (Å²) in [5.74, 6) is 0.847. The maximum absolute atomic E-state index is 2.44. The minimum atomic E-state index is 0.516. The van der Waals surface area contributed by atoms with Crippen molar-refractivity contribution in [3.05, 3.63) is 0 Å². The molecule has 0 saturated carbocycles. The molecule has 0 bridgehead atoms. The normalized spacial score (nSPS) is 15.4. The molecule has 0 aliphatic carbocycles. The smallest absolute Gasteiger partial charge is 0.0331 e. The van der Waals surface area contributed by atoms with Crippen LogP contribution in [0.5, 0.6) is 0 Å². The standard InChI is InChI=1S/C15H32/c1-8-14(5,6)13(4)11-12-15(7,9-2)10-3/h13H,8-12H2,1-7H3. The Labute approximate surface area is 97.8 Å². The van der Waals surface area contributed by atoms with Crippen molar-refractivity contribution in [3.63, 3.8) is 0 Å². The Kier molecular flexibility index (Phi) is 5.92. The lowest BCUT2D eigenvalue weighted by Gasteiger charge is -2.34. The van der Waals surface area contributed by atoms with E-state index < -0.39 is 0 Å². The first-order chi connectivity index (χ1) is 6.81. The van der Waals surface area contributed by atoms with E-state index >= 15 is 0 Å². The molecule has 0 saturated heterocycles. The zero-order valence-corrected chi connectivity index (χ0v) is 12.1. The van der Waals surface area contributed by atoms with Crippen LogP contribution in [0.1, 0.15) is 80.6 Å². The Morgan fingerprint density at radius 2 is 1.33 bits per heavy atom. The fourth-order valence-corrected chi connectivity index (χ4v) is 1.91. The summed E-state index contributed by atoms with van der Waals surface area (Å²) >= 11 is 0. The quantitative estimate of drug-likeness (QED) is 0.510. The summed E-state index contributed by atoms with van der Waals surface area (Å²) in [6.07, 6.45) is 6.72. The minimum absolute atomic E-state index is 0.516. The van der Waals surface area contributed by atoms with Crippen molar-refractivity contribution < 1.29 is 0 Å². The lowest BCUT2D eigenvalue weighted by atomic mass is 9.71. The predicted molar refractivity (Wildman–Crippen MR) is 71.2 cm³/mol. The minimum Gasteiger partial charge on any atom is -0.0649 e. The molecule has 92 valence electrons. The number of hydrogen-bond acceptors (Lipinski definition) is 0. The molecule has 0 amide bonds. The molecule has 0 heteroatoms. The molecular weight excluding hydrogens is 180 g/mol. The number of rotatable bonds is 7. The molecule has 0 aromatic rings. The Bertz CT molecular complexity index is 163. The lowest BCUT2D eigenvalue weighted by molar-refractivity contribution is 0.168. The topological polar surface area (TPSA) is 0 Å². The van der Waals surface area contributed by atoms with E-state index in [0.29, 0.717) is 10.8 Å². The Balaban J connectivity index is 4.15. The van der Waals surface area contributed by atoms with Crippen LogP contribution >= 0.6 is 0 Å². The third-order valence-corrected chi connectivity index (χ3v) is 5.13. The zero-order chi connectivity index (χ0) is 12.1. The average Bonchev–Trinajstić information content (AvgIpc) is 2.25. The van der Waals surface area contributed by atoms with Crippen molar-refractivity contribution in [2.45, 2.75) is 80.6 Å². The highest BCUT2D eigenvalue weighted by Gasteiger charge is 2.27. The van der Waals surface area contributed by atoms with E-state index in [0.717, 1.165) is 5.92 Å². The van der Waals surface area contributed by atoms with Gasteiger partial charge in [0.15, 0.2) is 0 Å². The maximum Gasteiger partial charge on any atom is -0.0331 e. The number of hydrogen-bond donors (Lipinski definition) is 0. The van der Waals surface area contributed by atoms with Crippen molar-refractivity contribution in [1.29, 1.82) is 0 Å². The van der Waals surface area contributed by atoms with E-state index in [1.54, 1.807) is 0 Å². The Morgan fingerprint density at radius 1 is 0.867 bits per heavy atom. The van der Waals surface area contributed by atoms with E-state index in [9.17, 15) is 0 Å². The van der Waals surface area contributed by atoms with Crippen molar-refractivity contribution in [1.82, 2.24) is 0 Å². The van der Waals surface area contributed by atoms with E-state index in [4.69, 9.17) is 0 Å². The first-order valence-electron chi connectivity index (χ1n) is 6.81. The van der Waals surface area contributed by atoms with Gasteiger partial charge in [0.05, 0.1) is 0 Å². The molecular formula is C15H32. The van der Waals surface area contributed by atoms with E-state index in [-0.39, 0.29) is 0 Å². The summed E-state index contributed by atoms with van der Waals surface area (Å²) < 4.78 is 0. The molecule has 0 aromatic heterocycles. The van der Waals surface area contributed by atoms with Gasteiger partial charge in [-0.25, -0.2) is 0 Å². The summed E-state index contributed by atoms with van der Waals surface area (Å²) in [6, 6.07) is 0. The van der Waals surface area contributed by atoms with Gasteiger partial charge >= 0.3 is 0 Å². The summed E-state index contributed by atoms with van der Waals surface area (Å²) in [6.45, 7) is 16.7. The van der Waals surface area contributed by atoms with Gasteiger partial charge in [-0.2, -0.15) is 0 Å². The van der Waals surface area contributed by atoms with Gasteiger partial charge in [0, 0.05) is 0 Å². The molecule has 0 radical (unpaired) electrons. The highest BCUT2D eigenvalue weighted by atomic mass is 14.3. The van der Waals surface area contributed by atoms with Gasteiger partial charge in [-0.1, -0.05) is 67.7 Å². The van der Waals surface area contributed by atoms with E-state index in [2.05, 4.69) is 48.5 Å². The van der Waals surface area contributed by atoms with E-state index in [1.807, 2.05) is 0 Å². The first kappa shape index (κ1) is 15.0. The van der Waals surface area contributed by atoms with Crippen LogP contribution in [0, 0.1) is 16.7 Å². The fraction of sp³-hybridized carbons (Fsp3) is 1.00. The SMILES string of the molecule is CCC(C)(CC)CCC(C)C(C)(C)CC. The van der Waals surface area contributed by atoms with Crippen molar-refractivity contribution in [3.8, 4) is 0 Å². The monoisotopic (exact) mass is 212 g/mol. The molecule has 0 aliphatic heterocycles. The summed E-state index contributed by atoms with van der Waals surface area (Å²) in [7, 11) is 0. The molecule has 0 fully saturated rings. The summed E-state index contributed by atoms with van der Waals surface area (Å²) in [5, 5.41) is 0. The van der Waals surface area contributed by atoms with Crippen LogP contribution in [-0.4, -0.2) is 0 Å². The molecule has 0 N–H and O–H groups in total. The van der Waals surface area contributed by atoms with Crippen LogP contribution in [0.15, 0.2) is 0 Å². The predicted octanol–water partition coefficient (Wildman–Crippen LogP) is 5.67. The largest absolute Gasteiger partial charge is 0.0649 e. The van der Waals surface area contributed by atoms with Crippen LogP contribution in [0.3, 0.4) is 0 Å². The molecule has 0 heterocycles. The van der Waals surface area contributed by atoms with Crippen LogP contribution in [0.25, 0.3) is 0 Å². The van der Waals surface area contributed by atoms with Crippen LogP contribution in [0.2, 0.25) is 0 Å². The second-order valence-corrected chi connectivity index (χ2v) is 6.30. The van der Waals surface area contributed by atoms with Crippen molar-refractivity contribution >= 4 is 0 Å². The van der Waals surface area contributed by atoms with Gasteiger partial charge in [0.1, 0.15) is 0 Å². The molecule has 1 unspecified atom stereocenters. The fourth-order valence-electron chi connectivity index (χ4n) is 1.91. The Morgan fingerprint density at radius 3 is 1.67 bits per heavy atom. The van der Waals surface area contributed by atoms with Crippen molar-refractivity contribution in [2.24, 2.45) is 16.7 Å². The molecule has 15 heavy (non-hydrogen) atoms. The highest BCUT2D eigenvalue weighted by molar-refractivity contribution is 4.78. The third-order valence-electron chi connectivity index (χ3n) is 5.13. The molecule has 0 spiro atoms. The second kappa shape index (κ2) is 5.92. The third kappa shape index (κ3) is 4.57. The second-order valence-electron chi connectivity index (χ2n) is 6.30. The van der Waals surface area contributed by atoms with Gasteiger partial charge in [-0.3, -0.25) is 0 Å². The van der Waals surface area contributed by atoms with Crippen LogP contribution in [-0.2, 0) is 0 Å². The molecule has 0 nitrogen and oxygen atoms in total. The van der Waals surface area contributed by atoms with Crippen LogP contribution in [0.4, 0.5) is 0 Å². The first-order valence-corrected chi connectivity index (χ1v) is 6.81. The van der Waals surface area contributed by atoms with Crippen LogP contribution < -0.4 is 0 Å². The summed E-state index contributed by atoms with van der Waals surface area (Å²) in [5.41, 5.74) is 1.10. The lowest BCUT2D eigenvalue weighted by Crippen LogP contribution is -2.23. The molecule has 0 aliphatic rings. The molecule has 0 aromatic carbocycles. The van der Waals surface area contributed by atoms with Gasteiger partial charge in [-0.15, -0.1) is 0 Å². The van der Waals surface area contributed by atoms with Gasteiger partial charge in [0.25, 0.3) is 0 Å². The molecule has 0 rings (SSSR count). The zero-order valence-electron chi connectivity index (χ0n) is 12.1. The summed E-state index contributed by atoms with van der Waals surface area (Å²) in [4.78, 5) is 0. The van der Waals surface area contributed by atoms with Gasteiger partial charge in [-0.05, 0) is 29.6 Å². The maximum atomic E-state index is 2.44.